The molecule has 1 rings (SSSR count). The molecule has 4 nitrogen and oxygen atoms in total. The van der Waals surface area contributed by atoms with E-state index >= 15 is 0 Å². The topological polar surface area (TPSA) is 47.6 Å². The van der Waals surface area contributed by atoms with E-state index in [1.165, 1.54) is 7.11 Å². The number of ether oxygens (including phenoxy) is 2. The van der Waals surface area contributed by atoms with Crippen LogP contribution in [0.15, 0.2) is 0 Å². The van der Waals surface area contributed by atoms with Gasteiger partial charge < -0.3 is 14.8 Å². The van der Waals surface area contributed by atoms with Crippen LogP contribution in [0.4, 0.5) is 0 Å². The van der Waals surface area contributed by atoms with Crippen LogP contribution in [-0.4, -0.2) is 37.9 Å². The van der Waals surface area contributed by atoms with E-state index in [2.05, 4.69) is 12.2 Å². The Morgan fingerprint density at radius 2 is 2.22 bits per heavy atom. The molecule has 2 atom stereocenters. The quantitative estimate of drug-likeness (QED) is 0.561. The van der Waals surface area contributed by atoms with Gasteiger partial charge in [0.15, 0.2) is 0 Å². The lowest BCUT2D eigenvalue weighted by atomic mass is 9.80. The molecule has 0 amide bonds. The Kier molecular flexibility index (Phi) is 6.65. The van der Waals surface area contributed by atoms with Crippen LogP contribution >= 0.6 is 0 Å². The van der Waals surface area contributed by atoms with Crippen LogP contribution in [0, 0.1) is 0 Å². The predicted octanol–water partition coefficient (Wildman–Crippen LogP) is 2.27. The number of hydrogen-bond acceptors (Lipinski definition) is 4. The Labute approximate surface area is 110 Å². The zero-order valence-electron chi connectivity index (χ0n) is 12.0. The standard InChI is InChI=1S/C14H27NO3/c1-4-6-10-18-12-8-7-9-14(11-12,15-5-2)13(16)17-3/h12,15H,4-11H2,1-3H3. The van der Waals surface area contributed by atoms with E-state index in [-0.39, 0.29) is 12.1 Å². The number of carbonyl (C=O) groups is 1. The van der Waals surface area contributed by atoms with E-state index < -0.39 is 5.54 Å². The lowest BCUT2D eigenvalue weighted by Gasteiger charge is -2.39. The number of esters is 1. The Morgan fingerprint density at radius 1 is 1.44 bits per heavy atom. The molecule has 1 saturated carbocycles. The largest absolute Gasteiger partial charge is 0.468 e. The molecular formula is C14H27NO3. The highest BCUT2D eigenvalue weighted by molar-refractivity contribution is 5.81. The number of hydrogen-bond donors (Lipinski definition) is 1. The van der Waals surface area contributed by atoms with Gasteiger partial charge in [0.2, 0.25) is 0 Å². The summed E-state index contributed by atoms with van der Waals surface area (Å²) in [5, 5.41) is 3.31. The molecule has 1 aliphatic carbocycles. The maximum atomic E-state index is 12.0. The van der Waals surface area contributed by atoms with Crippen LogP contribution in [0.5, 0.6) is 0 Å². The maximum absolute atomic E-state index is 12.0. The summed E-state index contributed by atoms with van der Waals surface area (Å²) in [7, 11) is 1.46. The minimum atomic E-state index is -0.529. The molecule has 0 aromatic heterocycles. The van der Waals surface area contributed by atoms with Crippen molar-refractivity contribution >= 4 is 5.97 Å². The van der Waals surface area contributed by atoms with Crippen LogP contribution in [0.1, 0.15) is 52.4 Å². The van der Waals surface area contributed by atoms with Gasteiger partial charge in [0, 0.05) is 13.0 Å². The van der Waals surface area contributed by atoms with Gasteiger partial charge in [-0.15, -0.1) is 0 Å². The fourth-order valence-electron chi connectivity index (χ4n) is 2.71. The van der Waals surface area contributed by atoms with Crippen LogP contribution < -0.4 is 5.32 Å². The number of likely N-dealkylation sites (N-methyl/N-ethyl adjacent to an activating group) is 1. The first-order valence-corrected chi connectivity index (χ1v) is 7.13. The highest BCUT2D eigenvalue weighted by Gasteiger charge is 2.43. The lowest BCUT2D eigenvalue weighted by Crippen LogP contribution is -2.56. The first-order chi connectivity index (χ1) is 8.68. The molecule has 0 aliphatic heterocycles. The Balaban J connectivity index is 2.58. The molecule has 2 unspecified atom stereocenters. The maximum Gasteiger partial charge on any atom is 0.326 e. The molecule has 0 saturated heterocycles. The van der Waals surface area contributed by atoms with Gasteiger partial charge in [-0.25, -0.2) is 0 Å². The summed E-state index contributed by atoms with van der Waals surface area (Å²) >= 11 is 0. The third-order valence-corrected chi connectivity index (χ3v) is 3.65. The second-order valence-electron chi connectivity index (χ2n) is 5.05. The Morgan fingerprint density at radius 3 is 2.83 bits per heavy atom. The second-order valence-corrected chi connectivity index (χ2v) is 5.05. The van der Waals surface area contributed by atoms with Crippen molar-refractivity contribution in [2.24, 2.45) is 0 Å². The van der Waals surface area contributed by atoms with E-state index in [0.717, 1.165) is 51.7 Å². The van der Waals surface area contributed by atoms with Crippen molar-refractivity contribution in [1.82, 2.24) is 5.32 Å². The Hall–Kier alpha value is -0.610. The molecule has 106 valence electrons. The summed E-state index contributed by atoms with van der Waals surface area (Å²) in [6.07, 6.45) is 6.05. The van der Waals surface area contributed by atoms with E-state index in [9.17, 15) is 4.79 Å². The number of unbranched alkanes of at least 4 members (excludes halogenated alkanes) is 1. The van der Waals surface area contributed by atoms with Crippen molar-refractivity contribution in [3.05, 3.63) is 0 Å². The number of methoxy groups -OCH3 is 1. The molecule has 0 bridgehead atoms. The van der Waals surface area contributed by atoms with E-state index in [0.29, 0.717) is 0 Å². The van der Waals surface area contributed by atoms with Crippen LogP contribution in [0.25, 0.3) is 0 Å². The summed E-state index contributed by atoms with van der Waals surface area (Å²) in [6.45, 7) is 5.75. The summed E-state index contributed by atoms with van der Waals surface area (Å²) in [5.74, 6) is -0.145. The summed E-state index contributed by atoms with van der Waals surface area (Å²) in [6, 6.07) is 0. The third-order valence-electron chi connectivity index (χ3n) is 3.65. The van der Waals surface area contributed by atoms with Gasteiger partial charge in [0.05, 0.1) is 13.2 Å². The second kappa shape index (κ2) is 7.74. The molecule has 0 aromatic rings. The van der Waals surface area contributed by atoms with Crippen molar-refractivity contribution in [1.29, 1.82) is 0 Å². The first-order valence-electron chi connectivity index (χ1n) is 7.13. The van der Waals surface area contributed by atoms with Gasteiger partial charge in [-0.1, -0.05) is 20.3 Å². The van der Waals surface area contributed by atoms with Crippen LogP contribution in [0.3, 0.4) is 0 Å². The average molecular weight is 257 g/mol. The van der Waals surface area contributed by atoms with Crippen LogP contribution in [-0.2, 0) is 14.3 Å². The summed E-state index contributed by atoms with van der Waals surface area (Å²) in [4.78, 5) is 12.0. The molecule has 0 radical (unpaired) electrons. The van der Waals surface area contributed by atoms with Crippen molar-refractivity contribution in [2.45, 2.75) is 64.0 Å². The molecular weight excluding hydrogens is 230 g/mol. The van der Waals surface area contributed by atoms with Crippen molar-refractivity contribution in [3.8, 4) is 0 Å². The van der Waals surface area contributed by atoms with Gasteiger partial charge in [0.1, 0.15) is 5.54 Å². The van der Waals surface area contributed by atoms with Gasteiger partial charge in [0.25, 0.3) is 0 Å². The number of carbonyl (C=O) groups excluding carboxylic acids is 1. The highest BCUT2D eigenvalue weighted by atomic mass is 16.5. The van der Waals surface area contributed by atoms with E-state index in [4.69, 9.17) is 9.47 Å². The zero-order valence-corrected chi connectivity index (χ0v) is 12.0. The predicted molar refractivity (Wildman–Crippen MR) is 71.5 cm³/mol. The van der Waals surface area contributed by atoms with Crippen LogP contribution in [0.2, 0.25) is 0 Å². The minimum absolute atomic E-state index is 0.145. The Bertz CT molecular complexity index is 253. The smallest absolute Gasteiger partial charge is 0.326 e. The molecule has 4 heteroatoms. The van der Waals surface area contributed by atoms with Gasteiger partial charge in [-0.3, -0.25) is 4.79 Å². The number of rotatable bonds is 7. The monoisotopic (exact) mass is 257 g/mol. The molecule has 1 aliphatic rings. The third kappa shape index (κ3) is 3.95. The molecule has 0 aromatic carbocycles. The minimum Gasteiger partial charge on any atom is -0.468 e. The van der Waals surface area contributed by atoms with Gasteiger partial charge in [-0.2, -0.15) is 0 Å². The summed E-state index contributed by atoms with van der Waals surface area (Å²) < 4.78 is 10.8. The molecule has 0 heterocycles. The first kappa shape index (κ1) is 15.4. The number of nitrogens with one attached hydrogen (secondary N) is 1. The van der Waals surface area contributed by atoms with Crippen molar-refractivity contribution < 1.29 is 14.3 Å². The van der Waals surface area contributed by atoms with E-state index in [1.807, 2.05) is 6.92 Å². The molecule has 0 spiro atoms. The van der Waals surface area contributed by atoms with Gasteiger partial charge in [-0.05, 0) is 32.2 Å². The van der Waals surface area contributed by atoms with E-state index in [1.54, 1.807) is 0 Å². The molecule has 1 fully saturated rings. The highest BCUT2D eigenvalue weighted by Crippen LogP contribution is 2.31. The van der Waals surface area contributed by atoms with Gasteiger partial charge >= 0.3 is 5.97 Å². The fraction of sp³-hybridized carbons (Fsp3) is 0.929. The van der Waals surface area contributed by atoms with Crippen molar-refractivity contribution in [2.75, 3.05) is 20.3 Å². The summed E-state index contributed by atoms with van der Waals surface area (Å²) in [5.41, 5.74) is -0.529. The normalized spacial score (nSPS) is 28.1. The lowest BCUT2D eigenvalue weighted by molar-refractivity contribution is -0.153. The molecule has 1 N–H and O–H groups in total. The molecule has 18 heavy (non-hydrogen) atoms. The average Bonchev–Trinajstić information content (AvgIpc) is 2.39. The fourth-order valence-corrected chi connectivity index (χ4v) is 2.71. The SMILES string of the molecule is CCCCOC1CCCC(NCC)(C(=O)OC)C1. The van der Waals surface area contributed by atoms with Crippen molar-refractivity contribution in [3.63, 3.8) is 0 Å². The zero-order chi connectivity index (χ0) is 13.4.